The minimum absolute atomic E-state index is 0.0119. The third-order valence-electron chi connectivity index (χ3n) is 6.59. The Kier molecular flexibility index (Phi) is 11.0. The highest BCUT2D eigenvalue weighted by Crippen LogP contribution is 2.30. The van der Waals surface area contributed by atoms with Crippen molar-refractivity contribution in [2.75, 3.05) is 13.7 Å². The summed E-state index contributed by atoms with van der Waals surface area (Å²) in [7, 11) is 1.45. The van der Waals surface area contributed by atoms with Crippen LogP contribution in [0.2, 0.25) is 0 Å². The molecule has 0 saturated carbocycles. The molecule has 0 aliphatic carbocycles. The highest BCUT2D eigenvalue weighted by Gasteiger charge is 2.44. The fourth-order valence-electron chi connectivity index (χ4n) is 4.06. The normalized spacial score (nSPS) is 22.3. The Balaban J connectivity index is 0.000000352. The first-order valence-electron chi connectivity index (χ1n) is 13.1. The van der Waals surface area contributed by atoms with Gasteiger partial charge in [0, 0.05) is 6.07 Å². The van der Waals surface area contributed by atoms with Crippen molar-refractivity contribution in [1.82, 2.24) is 0 Å². The predicted molar refractivity (Wildman–Crippen MR) is 153 cm³/mol. The number of aromatic hydroxyl groups is 3. The molecule has 10 nitrogen and oxygen atoms in total. The van der Waals surface area contributed by atoms with Gasteiger partial charge in [-0.1, -0.05) is 44.2 Å². The summed E-state index contributed by atoms with van der Waals surface area (Å²) in [5.74, 6) is 1.24. The van der Waals surface area contributed by atoms with Crippen molar-refractivity contribution in [3.8, 4) is 28.7 Å². The van der Waals surface area contributed by atoms with E-state index in [0.717, 1.165) is 5.56 Å². The van der Waals surface area contributed by atoms with Gasteiger partial charge in [0.25, 0.3) is 0 Å². The van der Waals surface area contributed by atoms with Crippen molar-refractivity contribution >= 4 is 12.2 Å². The molecule has 222 valence electrons. The molecular weight excluding hydrogens is 532 g/mol. The van der Waals surface area contributed by atoms with Crippen LogP contribution in [0.5, 0.6) is 28.7 Å². The Labute approximate surface area is 239 Å². The third kappa shape index (κ3) is 8.35. The van der Waals surface area contributed by atoms with E-state index in [4.69, 9.17) is 14.2 Å². The largest absolute Gasteiger partial charge is 0.508 e. The Hall–Kier alpha value is -3.80. The number of aliphatic hydroxyl groups is 4. The van der Waals surface area contributed by atoms with Crippen molar-refractivity contribution in [3.63, 3.8) is 0 Å². The maximum atomic E-state index is 10.1. The zero-order valence-electron chi connectivity index (χ0n) is 23.4. The van der Waals surface area contributed by atoms with Crippen LogP contribution in [0.15, 0.2) is 54.6 Å². The van der Waals surface area contributed by atoms with Gasteiger partial charge in [-0.25, -0.2) is 0 Å². The van der Waals surface area contributed by atoms with Gasteiger partial charge < -0.3 is 50.0 Å². The fourth-order valence-corrected chi connectivity index (χ4v) is 4.06. The van der Waals surface area contributed by atoms with Crippen LogP contribution < -0.4 is 9.47 Å². The second kappa shape index (κ2) is 14.2. The van der Waals surface area contributed by atoms with Gasteiger partial charge in [-0.05, 0) is 65.4 Å². The number of ether oxygens (including phenoxy) is 3. The summed E-state index contributed by atoms with van der Waals surface area (Å²) in [6.07, 6.45) is -3.72. The molecule has 5 atom stereocenters. The maximum absolute atomic E-state index is 10.1. The first-order valence-corrected chi connectivity index (χ1v) is 13.1. The molecule has 0 aromatic heterocycles. The van der Waals surface area contributed by atoms with E-state index in [1.54, 1.807) is 30.4 Å². The van der Waals surface area contributed by atoms with Crippen molar-refractivity contribution in [2.45, 2.75) is 57.4 Å². The van der Waals surface area contributed by atoms with Crippen LogP contribution in [-0.2, 0) is 4.74 Å². The van der Waals surface area contributed by atoms with E-state index in [1.807, 2.05) is 19.1 Å². The number of rotatable bonds is 7. The summed E-state index contributed by atoms with van der Waals surface area (Å²) < 4.78 is 15.8. The Bertz CT molecular complexity index is 1320. The quantitative estimate of drug-likeness (QED) is 0.209. The molecule has 1 fully saturated rings. The Morgan fingerprint density at radius 1 is 0.829 bits per heavy atom. The smallest absolute Gasteiger partial charge is 0.229 e. The van der Waals surface area contributed by atoms with E-state index < -0.39 is 37.3 Å². The van der Waals surface area contributed by atoms with Gasteiger partial charge in [-0.3, -0.25) is 0 Å². The Morgan fingerprint density at radius 2 is 1.54 bits per heavy atom. The molecule has 0 bridgehead atoms. The third-order valence-corrected chi connectivity index (χ3v) is 6.59. The van der Waals surface area contributed by atoms with E-state index in [9.17, 15) is 35.7 Å². The van der Waals surface area contributed by atoms with Crippen LogP contribution in [0.4, 0.5) is 0 Å². The molecule has 3 aromatic carbocycles. The molecule has 1 aliphatic rings. The van der Waals surface area contributed by atoms with Gasteiger partial charge >= 0.3 is 0 Å². The lowest BCUT2D eigenvalue weighted by Gasteiger charge is -2.39. The predicted octanol–water partition coefficient (Wildman–Crippen LogP) is 3.28. The summed E-state index contributed by atoms with van der Waals surface area (Å²) in [4.78, 5) is 0. The molecular formula is C31H38O10. The van der Waals surface area contributed by atoms with Crippen molar-refractivity contribution in [3.05, 3.63) is 76.9 Å². The average molecular weight is 571 g/mol. The van der Waals surface area contributed by atoms with Crippen LogP contribution in [-0.4, -0.2) is 80.2 Å². The number of aryl methyl sites for hydroxylation is 1. The molecule has 1 aliphatic heterocycles. The molecule has 7 N–H and O–H groups in total. The first kappa shape index (κ1) is 31.7. The number of hydrogen-bond donors (Lipinski definition) is 7. The van der Waals surface area contributed by atoms with E-state index in [1.165, 1.54) is 30.9 Å². The lowest BCUT2D eigenvalue weighted by molar-refractivity contribution is -0.277. The van der Waals surface area contributed by atoms with Gasteiger partial charge in [-0.2, -0.15) is 0 Å². The minimum Gasteiger partial charge on any atom is -0.508 e. The summed E-state index contributed by atoms with van der Waals surface area (Å²) in [6, 6.07) is 15.0. The first-order chi connectivity index (χ1) is 19.4. The number of hydrogen-bond acceptors (Lipinski definition) is 10. The number of benzene rings is 3. The topological polar surface area (TPSA) is 169 Å². The van der Waals surface area contributed by atoms with Gasteiger partial charge in [0.15, 0.2) is 11.5 Å². The second-order valence-corrected chi connectivity index (χ2v) is 10.0. The van der Waals surface area contributed by atoms with Gasteiger partial charge in [-0.15, -0.1) is 0 Å². The maximum Gasteiger partial charge on any atom is 0.229 e. The molecule has 1 saturated heterocycles. The standard InChI is InChI=1S/C21H24O9.C10H14O/c1-28-16-5-4-11(8-15(16)24)2-3-12-6-13(23)9-14(7-12)29-21-20(27)19(26)18(25)17(10-22)30-21;1-7(2)9-5-4-8(3)10(11)6-9/h2-9,17-27H,10H2,1H3;4-7,11H,1-3H3/b3-2+;/t17-,18-,19+,20-,21-;/m1./s1. The fraction of sp³-hybridized carbons (Fsp3) is 0.355. The molecule has 41 heavy (non-hydrogen) atoms. The van der Waals surface area contributed by atoms with Crippen molar-refractivity contribution in [1.29, 1.82) is 0 Å². The van der Waals surface area contributed by atoms with Gasteiger partial charge in [0.05, 0.1) is 13.7 Å². The summed E-state index contributed by atoms with van der Waals surface area (Å²) in [5.41, 5.74) is 3.36. The summed E-state index contributed by atoms with van der Waals surface area (Å²) in [5, 5.41) is 68.2. The summed E-state index contributed by atoms with van der Waals surface area (Å²) in [6.45, 7) is 5.56. The second-order valence-electron chi connectivity index (χ2n) is 10.0. The monoisotopic (exact) mass is 570 g/mol. The minimum atomic E-state index is -1.57. The van der Waals surface area contributed by atoms with E-state index >= 15 is 0 Å². The summed E-state index contributed by atoms with van der Waals surface area (Å²) >= 11 is 0. The van der Waals surface area contributed by atoms with Crippen LogP contribution in [0.25, 0.3) is 12.2 Å². The van der Waals surface area contributed by atoms with Crippen LogP contribution >= 0.6 is 0 Å². The average Bonchev–Trinajstić information content (AvgIpc) is 2.93. The van der Waals surface area contributed by atoms with Crippen molar-refractivity contribution in [2.24, 2.45) is 0 Å². The zero-order chi connectivity index (χ0) is 30.3. The lowest BCUT2D eigenvalue weighted by Crippen LogP contribution is -2.60. The molecule has 10 heteroatoms. The van der Waals surface area contributed by atoms with Crippen LogP contribution in [0.1, 0.15) is 42.0 Å². The number of phenols is 3. The van der Waals surface area contributed by atoms with E-state index in [-0.39, 0.29) is 17.2 Å². The van der Waals surface area contributed by atoms with Gasteiger partial charge in [0.2, 0.25) is 6.29 Å². The number of phenolic OH excluding ortho intramolecular Hbond substituents is 3. The number of aliphatic hydroxyl groups excluding tert-OH is 4. The van der Waals surface area contributed by atoms with E-state index in [2.05, 4.69) is 19.9 Å². The zero-order valence-corrected chi connectivity index (χ0v) is 23.4. The van der Waals surface area contributed by atoms with Crippen LogP contribution in [0.3, 0.4) is 0 Å². The van der Waals surface area contributed by atoms with Gasteiger partial charge in [0.1, 0.15) is 41.7 Å². The molecule has 1 heterocycles. The molecule has 0 unspecified atom stereocenters. The Morgan fingerprint density at radius 3 is 2.15 bits per heavy atom. The van der Waals surface area contributed by atoms with Crippen LogP contribution in [0, 0.1) is 6.92 Å². The molecule has 0 radical (unpaired) electrons. The molecule has 4 rings (SSSR count). The highest BCUT2D eigenvalue weighted by molar-refractivity contribution is 5.72. The highest BCUT2D eigenvalue weighted by atomic mass is 16.7. The van der Waals surface area contributed by atoms with E-state index in [0.29, 0.717) is 28.5 Å². The molecule has 0 amide bonds. The van der Waals surface area contributed by atoms with Crippen molar-refractivity contribution < 1.29 is 50.0 Å². The SMILES string of the molecule is COc1ccc(/C=C/c2cc(O)cc(O[C@@H]3O[C@H](CO)[C@@H](O)[C@H](O)[C@H]3O)c2)cc1O.Cc1ccc(C(C)C)cc1O. The lowest BCUT2D eigenvalue weighted by atomic mass is 9.99. The molecule has 0 spiro atoms. The molecule has 3 aromatic rings. The number of methoxy groups -OCH3 is 1.